The minimum Gasteiger partial charge on any atom is -0.349 e. The lowest BCUT2D eigenvalue weighted by Crippen LogP contribution is -2.46. The van der Waals surface area contributed by atoms with Crippen molar-refractivity contribution in [2.24, 2.45) is 0 Å². The largest absolute Gasteiger partial charge is 0.417 e. The third kappa shape index (κ3) is 3.24. The van der Waals surface area contributed by atoms with Gasteiger partial charge in [0, 0.05) is 18.2 Å². The van der Waals surface area contributed by atoms with E-state index in [0.717, 1.165) is 12.5 Å². The van der Waals surface area contributed by atoms with Gasteiger partial charge in [0.1, 0.15) is 0 Å². The molecule has 126 valence electrons. The van der Waals surface area contributed by atoms with Gasteiger partial charge in [-0.2, -0.15) is 13.2 Å². The van der Waals surface area contributed by atoms with Crippen molar-refractivity contribution in [1.29, 1.82) is 0 Å². The van der Waals surface area contributed by atoms with E-state index in [4.69, 9.17) is 11.6 Å². The van der Waals surface area contributed by atoms with Gasteiger partial charge in [-0.15, -0.1) is 0 Å². The Hall–Kier alpha value is -2.08. The molecular formula is C17H14ClF3N2O. The van der Waals surface area contributed by atoms with E-state index < -0.39 is 17.6 Å². The SMILES string of the molecule is O=C(N[C@H]1CC[C@H]1c1ncccc1Cl)c1ccccc1C(F)(F)F. The average molecular weight is 355 g/mol. The molecule has 1 saturated carbocycles. The quantitative estimate of drug-likeness (QED) is 0.886. The Bertz CT molecular complexity index is 763. The lowest BCUT2D eigenvalue weighted by molar-refractivity contribution is -0.137. The van der Waals surface area contributed by atoms with E-state index in [9.17, 15) is 18.0 Å². The van der Waals surface area contributed by atoms with Gasteiger partial charge in [-0.25, -0.2) is 0 Å². The van der Waals surface area contributed by atoms with Gasteiger partial charge >= 0.3 is 6.18 Å². The number of rotatable bonds is 3. The number of hydrogen-bond acceptors (Lipinski definition) is 2. The van der Waals surface area contributed by atoms with E-state index >= 15 is 0 Å². The van der Waals surface area contributed by atoms with Crippen LogP contribution >= 0.6 is 11.6 Å². The predicted molar refractivity (Wildman–Crippen MR) is 83.9 cm³/mol. The zero-order chi connectivity index (χ0) is 17.3. The van der Waals surface area contributed by atoms with Crippen molar-refractivity contribution < 1.29 is 18.0 Å². The maximum absolute atomic E-state index is 13.0. The van der Waals surface area contributed by atoms with Crippen molar-refractivity contribution in [3.05, 3.63) is 64.4 Å². The van der Waals surface area contributed by atoms with E-state index in [-0.39, 0.29) is 17.5 Å². The highest BCUT2D eigenvalue weighted by Gasteiger charge is 2.38. The van der Waals surface area contributed by atoms with Crippen LogP contribution in [-0.2, 0) is 6.18 Å². The smallest absolute Gasteiger partial charge is 0.349 e. The van der Waals surface area contributed by atoms with Crippen LogP contribution in [0.25, 0.3) is 0 Å². The molecule has 1 aliphatic carbocycles. The molecule has 0 bridgehead atoms. The van der Waals surface area contributed by atoms with Crippen molar-refractivity contribution in [3.8, 4) is 0 Å². The lowest BCUT2D eigenvalue weighted by Gasteiger charge is -2.37. The highest BCUT2D eigenvalue weighted by molar-refractivity contribution is 6.31. The maximum Gasteiger partial charge on any atom is 0.417 e. The summed E-state index contributed by atoms with van der Waals surface area (Å²) < 4.78 is 39.1. The number of benzene rings is 1. The molecule has 1 aliphatic rings. The molecule has 0 aliphatic heterocycles. The fraction of sp³-hybridized carbons (Fsp3) is 0.294. The number of nitrogens with one attached hydrogen (secondary N) is 1. The Labute approximate surface area is 141 Å². The van der Waals surface area contributed by atoms with Gasteiger partial charge in [0.25, 0.3) is 5.91 Å². The molecule has 0 unspecified atom stereocenters. The summed E-state index contributed by atoms with van der Waals surface area (Å²) in [5, 5.41) is 3.18. The highest BCUT2D eigenvalue weighted by atomic mass is 35.5. The number of nitrogens with zero attached hydrogens (tertiary/aromatic N) is 1. The van der Waals surface area contributed by atoms with Crippen molar-refractivity contribution >= 4 is 17.5 Å². The molecule has 24 heavy (non-hydrogen) atoms. The zero-order valence-corrected chi connectivity index (χ0v) is 13.2. The summed E-state index contributed by atoms with van der Waals surface area (Å²) in [7, 11) is 0. The van der Waals surface area contributed by atoms with Crippen LogP contribution in [0.5, 0.6) is 0 Å². The minimum absolute atomic E-state index is 0.0827. The first kappa shape index (κ1) is 16.8. The van der Waals surface area contributed by atoms with Crippen molar-refractivity contribution in [2.75, 3.05) is 0 Å². The molecule has 1 heterocycles. The Morgan fingerprint density at radius 2 is 1.92 bits per heavy atom. The summed E-state index contributed by atoms with van der Waals surface area (Å²) in [4.78, 5) is 16.5. The van der Waals surface area contributed by atoms with Gasteiger partial charge in [-0.1, -0.05) is 23.7 Å². The molecule has 0 spiro atoms. The minimum atomic E-state index is -4.57. The number of halogens is 4. The van der Waals surface area contributed by atoms with Gasteiger partial charge in [0.05, 0.1) is 21.8 Å². The molecule has 1 N–H and O–H groups in total. The molecular weight excluding hydrogens is 341 g/mol. The summed E-state index contributed by atoms with van der Waals surface area (Å²) >= 11 is 6.11. The number of carbonyl (C=O) groups is 1. The van der Waals surface area contributed by atoms with Crippen molar-refractivity contribution in [2.45, 2.75) is 31.0 Å². The highest BCUT2D eigenvalue weighted by Crippen LogP contribution is 2.39. The van der Waals surface area contributed by atoms with Gasteiger partial charge in [0.2, 0.25) is 0 Å². The second-order valence-electron chi connectivity index (χ2n) is 5.68. The monoisotopic (exact) mass is 354 g/mol. The molecule has 2 atom stereocenters. The first-order valence-electron chi connectivity index (χ1n) is 7.45. The van der Waals surface area contributed by atoms with E-state index in [2.05, 4.69) is 10.3 Å². The Morgan fingerprint density at radius 1 is 1.17 bits per heavy atom. The molecule has 3 rings (SSSR count). The Morgan fingerprint density at radius 3 is 2.54 bits per heavy atom. The van der Waals surface area contributed by atoms with E-state index in [0.29, 0.717) is 17.1 Å². The van der Waals surface area contributed by atoms with E-state index in [1.54, 1.807) is 18.3 Å². The number of amides is 1. The van der Waals surface area contributed by atoms with Crippen LogP contribution in [0.1, 0.15) is 40.4 Å². The molecule has 0 radical (unpaired) electrons. The Kier molecular flexibility index (Phi) is 4.49. The lowest BCUT2D eigenvalue weighted by atomic mass is 9.77. The second kappa shape index (κ2) is 6.43. The number of carbonyl (C=O) groups excluding carboxylic acids is 1. The second-order valence-corrected chi connectivity index (χ2v) is 6.08. The number of alkyl halides is 3. The fourth-order valence-electron chi connectivity index (χ4n) is 2.85. The van der Waals surface area contributed by atoms with Crippen LogP contribution in [-0.4, -0.2) is 16.9 Å². The maximum atomic E-state index is 13.0. The summed E-state index contributed by atoms with van der Waals surface area (Å²) in [6.45, 7) is 0. The van der Waals surface area contributed by atoms with Gasteiger partial charge in [-0.3, -0.25) is 9.78 Å². The van der Waals surface area contributed by atoms with Gasteiger partial charge in [0.15, 0.2) is 0 Å². The van der Waals surface area contributed by atoms with Crippen LogP contribution in [0.3, 0.4) is 0 Å². The van der Waals surface area contributed by atoms with Gasteiger partial charge < -0.3 is 5.32 Å². The van der Waals surface area contributed by atoms with Crippen LogP contribution in [0.4, 0.5) is 13.2 Å². The van der Waals surface area contributed by atoms with E-state index in [1.807, 2.05) is 0 Å². The molecule has 1 fully saturated rings. The normalized spacial score (nSPS) is 20.3. The van der Waals surface area contributed by atoms with E-state index in [1.165, 1.54) is 18.2 Å². The first-order chi connectivity index (χ1) is 11.4. The molecule has 1 amide bonds. The standard InChI is InChI=1S/C17H14ClF3N2O/c18-13-6-3-9-22-15(13)11-7-8-14(11)23-16(24)10-4-1-2-5-12(10)17(19,20)21/h1-6,9,11,14H,7-8H2,(H,23,24)/t11-,14+/m1/s1. The topological polar surface area (TPSA) is 42.0 Å². The summed E-state index contributed by atoms with van der Waals surface area (Å²) in [6, 6.07) is 7.91. The van der Waals surface area contributed by atoms with Crippen LogP contribution in [0.2, 0.25) is 5.02 Å². The van der Waals surface area contributed by atoms with Crippen molar-refractivity contribution in [1.82, 2.24) is 10.3 Å². The molecule has 3 nitrogen and oxygen atoms in total. The number of aromatic nitrogens is 1. The van der Waals surface area contributed by atoms with Crippen LogP contribution < -0.4 is 5.32 Å². The fourth-order valence-corrected chi connectivity index (χ4v) is 3.11. The Balaban J connectivity index is 1.78. The number of hydrogen-bond donors (Lipinski definition) is 1. The molecule has 7 heteroatoms. The third-order valence-electron chi connectivity index (χ3n) is 4.21. The van der Waals surface area contributed by atoms with Crippen LogP contribution in [0, 0.1) is 0 Å². The predicted octanol–water partition coefficient (Wildman–Crippen LogP) is 4.43. The third-order valence-corrected chi connectivity index (χ3v) is 4.53. The van der Waals surface area contributed by atoms with Crippen molar-refractivity contribution in [3.63, 3.8) is 0 Å². The summed E-state index contributed by atoms with van der Waals surface area (Å²) in [6.07, 6.45) is -1.51. The summed E-state index contributed by atoms with van der Waals surface area (Å²) in [5.74, 6) is -0.814. The summed E-state index contributed by atoms with van der Waals surface area (Å²) in [5.41, 5.74) is -0.642. The molecule has 1 aromatic heterocycles. The molecule has 2 aromatic rings. The van der Waals surface area contributed by atoms with Gasteiger partial charge in [-0.05, 0) is 37.1 Å². The van der Waals surface area contributed by atoms with Crippen LogP contribution in [0.15, 0.2) is 42.6 Å². The average Bonchev–Trinajstić information content (AvgIpc) is 2.52. The molecule has 1 aromatic carbocycles. The number of pyridine rings is 1. The zero-order valence-electron chi connectivity index (χ0n) is 12.5. The molecule has 0 saturated heterocycles. The first-order valence-corrected chi connectivity index (χ1v) is 7.83.